The van der Waals surface area contributed by atoms with Gasteiger partial charge in [-0.3, -0.25) is 10.1 Å². The highest BCUT2D eigenvalue weighted by Gasteiger charge is 2.16. The number of nitro benzene ring substituents is 1. The Morgan fingerprint density at radius 1 is 1.05 bits per heavy atom. The standard InChI is InChI=1S/C12H7Cl3N2O2S/c13-6-1-2-11(7(14)3-6)20-12-5-9(16)10(17(18)19)4-8(12)15/h1-5H,16H2. The lowest BCUT2D eigenvalue weighted by Crippen LogP contribution is -1.96. The van der Waals surface area contributed by atoms with Gasteiger partial charge in [-0.1, -0.05) is 46.6 Å². The van der Waals surface area contributed by atoms with Crippen LogP contribution in [-0.2, 0) is 0 Å². The van der Waals surface area contributed by atoms with Crippen molar-refractivity contribution in [3.63, 3.8) is 0 Å². The number of anilines is 1. The molecule has 0 aliphatic heterocycles. The lowest BCUT2D eigenvalue weighted by atomic mass is 10.3. The minimum atomic E-state index is -0.578. The third kappa shape index (κ3) is 3.30. The van der Waals surface area contributed by atoms with E-state index >= 15 is 0 Å². The van der Waals surface area contributed by atoms with E-state index in [1.165, 1.54) is 23.9 Å². The molecule has 2 N–H and O–H groups in total. The van der Waals surface area contributed by atoms with E-state index in [9.17, 15) is 10.1 Å². The first-order chi connectivity index (χ1) is 9.38. The Morgan fingerprint density at radius 3 is 2.30 bits per heavy atom. The van der Waals surface area contributed by atoms with Crippen molar-refractivity contribution in [2.75, 3.05) is 5.73 Å². The molecule has 0 saturated heterocycles. The van der Waals surface area contributed by atoms with Crippen molar-refractivity contribution in [2.45, 2.75) is 9.79 Å². The van der Waals surface area contributed by atoms with Crippen LogP contribution in [0.2, 0.25) is 15.1 Å². The molecule has 0 aromatic heterocycles. The lowest BCUT2D eigenvalue weighted by Gasteiger charge is -2.08. The molecule has 0 aliphatic rings. The Kier molecular flexibility index (Phi) is 4.65. The summed E-state index contributed by atoms with van der Waals surface area (Å²) in [6, 6.07) is 7.72. The zero-order valence-corrected chi connectivity index (χ0v) is 12.9. The summed E-state index contributed by atoms with van der Waals surface area (Å²) in [6.45, 7) is 0. The average Bonchev–Trinajstić information content (AvgIpc) is 2.36. The van der Waals surface area contributed by atoms with Crippen molar-refractivity contribution in [3.8, 4) is 0 Å². The number of halogens is 3. The number of nitrogens with zero attached hydrogens (tertiary/aromatic N) is 1. The van der Waals surface area contributed by atoms with Crippen molar-refractivity contribution in [1.82, 2.24) is 0 Å². The fraction of sp³-hybridized carbons (Fsp3) is 0. The van der Waals surface area contributed by atoms with Crippen molar-refractivity contribution in [3.05, 3.63) is 55.5 Å². The third-order valence-corrected chi connectivity index (χ3v) is 4.61. The predicted molar refractivity (Wildman–Crippen MR) is 83.1 cm³/mol. The SMILES string of the molecule is Nc1cc(Sc2ccc(Cl)cc2Cl)c(Cl)cc1[N+](=O)[O-]. The van der Waals surface area contributed by atoms with Crippen molar-refractivity contribution in [2.24, 2.45) is 0 Å². The summed E-state index contributed by atoms with van der Waals surface area (Å²) in [5, 5.41) is 12.0. The van der Waals surface area contributed by atoms with E-state index in [1.807, 2.05) is 0 Å². The highest BCUT2D eigenvalue weighted by Crippen LogP contribution is 2.41. The highest BCUT2D eigenvalue weighted by atomic mass is 35.5. The number of nitrogens with two attached hydrogens (primary N) is 1. The van der Waals surface area contributed by atoms with E-state index in [1.54, 1.807) is 18.2 Å². The fourth-order valence-corrected chi connectivity index (χ4v) is 3.14. The highest BCUT2D eigenvalue weighted by molar-refractivity contribution is 7.99. The van der Waals surface area contributed by atoms with Crippen LogP contribution in [-0.4, -0.2) is 4.92 Å². The maximum atomic E-state index is 10.8. The van der Waals surface area contributed by atoms with Gasteiger partial charge in [0.05, 0.1) is 15.0 Å². The van der Waals surface area contributed by atoms with Gasteiger partial charge in [-0.15, -0.1) is 0 Å². The monoisotopic (exact) mass is 348 g/mol. The fourth-order valence-electron chi connectivity index (χ4n) is 1.47. The summed E-state index contributed by atoms with van der Waals surface area (Å²) >= 11 is 19.2. The van der Waals surface area contributed by atoms with Crippen LogP contribution in [0.25, 0.3) is 0 Å². The number of hydrogen-bond donors (Lipinski definition) is 1. The number of benzene rings is 2. The zero-order valence-electron chi connectivity index (χ0n) is 9.77. The van der Waals surface area contributed by atoms with Gasteiger partial charge in [0.15, 0.2) is 0 Å². The maximum Gasteiger partial charge on any atom is 0.293 e. The molecule has 2 aromatic rings. The van der Waals surface area contributed by atoms with Gasteiger partial charge in [-0.2, -0.15) is 0 Å². The van der Waals surface area contributed by atoms with Gasteiger partial charge in [0.2, 0.25) is 0 Å². The topological polar surface area (TPSA) is 69.2 Å². The molecule has 104 valence electrons. The maximum absolute atomic E-state index is 10.8. The predicted octanol–water partition coefficient (Wildman–Crippen LogP) is 5.29. The Morgan fingerprint density at radius 2 is 1.70 bits per heavy atom. The van der Waals surface area contributed by atoms with E-state index in [0.29, 0.717) is 14.9 Å². The van der Waals surface area contributed by atoms with Crippen LogP contribution >= 0.6 is 46.6 Å². The van der Waals surface area contributed by atoms with Crippen LogP contribution in [0.4, 0.5) is 11.4 Å². The van der Waals surface area contributed by atoms with E-state index < -0.39 is 4.92 Å². The normalized spacial score (nSPS) is 10.6. The molecule has 2 aromatic carbocycles. The van der Waals surface area contributed by atoms with Gasteiger partial charge in [-0.05, 0) is 24.3 Å². The van der Waals surface area contributed by atoms with Gasteiger partial charge in [0, 0.05) is 20.9 Å². The Balaban J connectivity index is 2.39. The summed E-state index contributed by atoms with van der Waals surface area (Å²) in [5.41, 5.74) is 5.47. The summed E-state index contributed by atoms with van der Waals surface area (Å²) in [6.07, 6.45) is 0. The molecule has 0 radical (unpaired) electrons. The van der Waals surface area contributed by atoms with Gasteiger partial charge in [0.25, 0.3) is 5.69 Å². The number of rotatable bonds is 3. The smallest absolute Gasteiger partial charge is 0.293 e. The van der Waals surface area contributed by atoms with Gasteiger partial charge in [0.1, 0.15) is 5.69 Å². The van der Waals surface area contributed by atoms with Crippen LogP contribution < -0.4 is 5.73 Å². The zero-order chi connectivity index (χ0) is 14.9. The molecule has 0 spiro atoms. The molecule has 4 nitrogen and oxygen atoms in total. The average molecular weight is 350 g/mol. The minimum absolute atomic E-state index is 0.0481. The number of nitro groups is 1. The first kappa shape index (κ1) is 15.3. The first-order valence-corrected chi connectivity index (χ1v) is 7.20. The van der Waals surface area contributed by atoms with E-state index in [-0.39, 0.29) is 16.4 Å². The van der Waals surface area contributed by atoms with Gasteiger partial charge in [-0.25, -0.2) is 0 Å². The molecule has 0 atom stereocenters. The van der Waals surface area contributed by atoms with Crippen molar-refractivity contribution < 1.29 is 4.92 Å². The number of nitrogen functional groups attached to an aromatic ring is 1. The van der Waals surface area contributed by atoms with E-state index in [0.717, 1.165) is 4.90 Å². The largest absolute Gasteiger partial charge is 0.393 e. The first-order valence-electron chi connectivity index (χ1n) is 5.25. The Bertz CT molecular complexity index is 695. The molecule has 0 fully saturated rings. The minimum Gasteiger partial charge on any atom is -0.393 e. The quantitative estimate of drug-likeness (QED) is 0.464. The second-order valence-electron chi connectivity index (χ2n) is 3.78. The molecule has 0 amide bonds. The molecule has 8 heteroatoms. The summed E-state index contributed by atoms with van der Waals surface area (Å²) < 4.78 is 0. The molecule has 0 unspecified atom stereocenters. The van der Waals surface area contributed by atoms with Crippen LogP contribution in [0.5, 0.6) is 0 Å². The third-order valence-electron chi connectivity index (χ3n) is 2.39. The summed E-state index contributed by atoms with van der Waals surface area (Å²) in [7, 11) is 0. The molecule has 0 aliphatic carbocycles. The molecule has 2 rings (SSSR count). The van der Waals surface area contributed by atoms with Gasteiger partial charge >= 0.3 is 0 Å². The van der Waals surface area contributed by atoms with E-state index in [2.05, 4.69) is 0 Å². The lowest BCUT2D eigenvalue weighted by molar-refractivity contribution is -0.383. The molecule has 0 heterocycles. The van der Waals surface area contributed by atoms with Crippen LogP contribution in [0.1, 0.15) is 0 Å². The second kappa shape index (κ2) is 6.10. The molecule has 0 saturated carbocycles. The molecule has 20 heavy (non-hydrogen) atoms. The molecular weight excluding hydrogens is 343 g/mol. The van der Waals surface area contributed by atoms with Crippen molar-refractivity contribution >= 4 is 57.9 Å². The van der Waals surface area contributed by atoms with Crippen LogP contribution in [0.3, 0.4) is 0 Å². The van der Waals surface area contributed by atoms with Gasteiger partial charge < -0.3 is 5.73 Å². The van der Waals surface area contributed by atoms with E-state index in [4.69, 9.17) is 40.5 Å². The van der Waals surface area contributed by atoms with Crippen molar-refractivity contribution in [1.29, 1.82) is 0 Å². The summed E-state index contributed by atoms with van der Waals surface area (Å²) in [5.74, 6) is 0. The second-order valence-corrected chi connectivity index (χ2v) is 6.11. The summed E-state index contributed by atoms with van der Waals surface area (Å²) in [4.78, 5) is 11.5. The number of hydrogen-bond acceptors (Lipinski definition) is 4. The molecule has 0 bridgehead atoms. The Hall–Kier alpha value is -1.14. The molecular formula is C12H7Cl3N2O2S. The van der Waals surface area contributed by atoms with Crippen LogP contribution in [0.15, 0.2) is 40.1 Å². The Labute approximate surface area is 134 Å². The van der Waals surface area contributed by atoms with Crippen LogP contribution in [0, 0.1) is 10.1 Å².